The van der Waals surface area contributed by atoms with Gasteiger partial charge in [0.2, 0.25) is 5.91 Å². The van der Waals surface area contributed by atoms with Crippen molar-refractivity contribution in [2.75, 3.05) is 13.1 Å². The fourth-order valence-electron chi connectivity index (χ4n) is 1.79. The third-order valence-corrected chi connectivity index (χ3v) is 3.50. The first-order valence-electron chi connectivity index (χ1n) is 6.64. The average Bonchev–Trinajstić information content (AvgIpc) is 2.44. The number of hydrogen-bond acceptors (Lipinski definition) is 2. The molecule has 3 amide bonds. The molecule has 0 aromatic heterocycles. The summed E-state index contributed by atoms with van der Waals surface area (Å²) in [4.78, 5) is 23.1. The molecular weight excluding hydrogens is 322 g/mol. The Morgan fingerprint density at radius 1 is 1.20 bits per heavy atom. The van der Waals surface area contributed by atoms with E-state index in [1.165, 1.54) is 0 Å². The summed E-state index contributed by atoms with van der Waals surface area (Å²) in [5, 5.41) is 8.03. The molecule has 0 saturated heterocycles. The van der Waals surface area contributed by atoms with Gasteiger partial charge >= 0.3 is 6.03 Å². The lowest BCUT2D eigenvalue weighted by molar-refractivity contribution is -0.119. The van der Waals surface area contributed by atoms with Crippen molar-refractivity contribution >= 4 is 27.9 Å². The molecule has 0 bridgehead atoms. The first-order valence-corrected chi connectivity index (χ1v) is 7.43. The molecule has 1 rings (SSSR count). The lowest BCUT2D eigenvalue weighted by Gasteiger charge is -2.19. The molecule has 20 heavy (non-hydrogen) atoms. The van der Waals surface area contributed by atoms with Crippen molar-refractivity contribution in [1.82, 2.24) is 16.0 Å². The van der Waals surface area contributed by atoms with Crippen molar-refractivity contribution < 1.29 is 9.59 Å². The van der Waals surface area contributed by atoms with E-state index < -0.39 is 0 Å². The van der Waals surface area contributed by atoms with Gasteiger partial charge in [-0.2, -0.15) is 0 Å². The normalized spacial score (nSPS) is 11.6. The molecular formula is C14H20BrN3O2. The van der Waals surface area contributed by atoms with E-state index in [0.717, 1.165) is 16.5 Å². The lowest BCUT2D eigenvalue weighted by Crippen LogP contribution is -2.43. The van der Waals surface area contributed by atoms with Crippen LogP contribution in [0.15, 0.2) is 28.7 Å². The van der Waals surface area contributed by atoms with Crippen molar-refractivity contribution in [2.24, 2.45) is 0 Å². The summed E-state index contributed by atoms with van der Waals surface area (Å²) in [6.07, 6.45) is 0.761. The standard InChI is InChI=1S/C14H20BrN3O2/c1-3-12(10-7-5-6-8-11(10)15)18-14(20)17-9-13(19)16-4-2/h5-8,12H,3-4,9H2,1-2H3,(H,16,19)(H2,17,18,20)/t12-/m0/s1. The van der Waals surface area contributed by atoms with Gasteiger partial charge in [0.05, 0.1) is 12.6 Å². The summed E-state index contributed by atoms with van der Waals surface area (Å²) < 4.78 is 0.955. The zero-order valence-corrected chi connectivity index (χ0v) is 13.3. The first kappa shape index (κ1) is 16.5. The molecule has 0 aliphatic heterocycles. The molecule has 0 saturated carbocycles. The fourth-order valence-corrected chi connectivity index (χ4v) is 2.35. The minimum atomic E-state index is -0.348. The molecule has 3 N–H and O–H groups in total. The Morgan fingerprint density at radius 3 is 2.50 bits per heavy atom. The van der Waals surface area contributed by atoms with Crippen LogP contribution in [0.1, 0.15) is 31.9 Å². The largest absolute Gasteiger partial charge is 0.355 e. The second-order valence-corrected chi connectivity index (χ2v) is 5.12. The number of halogens is 1. The van der Waals surface area contributed by atoms with Crippen molar-refractivity contribution in [3.8, 4) is 0 Å². The van der Waals surface area contributed by atoms with Crippen LogP contribution in [0.3, 0.4) is 0 Å². The third-order valence-electron chi connectivity index (χ3n) is 2.78. The minimum absolute atomic E-state index is 0.0218. The highest BCUT2D eigenvalue weighted by molar-refractivity contribution is 9.10. The zero-order chi connectivity index (χ0) is 15.0. The smallest absolute Gasteiger partial charge is 0.315 e. The van der Waals surface area contributed by atoms with E-state index in [-0.39, 0.29) is 24.5 Å². The van der Waals surface area contributed by atoms with Crippen LogP contribution in [-0.2, 0) is 4.79 Å². The predicted molar refractivity (Wildman–Crippen MR) is 82.4 cm³/mol. The summed E-state index contributed by atoms with van der Waals surface area (Å²) in [6.45, 7) is 4.36. The molecule has 0 heterocycles. The maximum absolute atomic E-state index is 11.8. The number of amides is 3. The minimum Gasteiger partial charge on any atom is -0.355 e. The number of nitrogens with one attached hydrogen (secondary N) is 3. The van der Waals surface area contributed by atoms with E-state index >= 15 is 0 Å². The number of carbonyl (C=O) groups is 2. The highest BCUT2D eigenvalue weighted by Crippen LogP contribution is 2.24. The van der Waals surface area contributed by atoms with Crippen LogP contribution in [0.2, 0.25) is 0 Å². The van der Waals surface area contributed by atoms with E-state index in [9.17, 15) is 9.59 Å². The predicted octanol–water partition coefficient (Wildman–Crippen LogP) is 2.34. The molecule has 0 aliphatic rings. The van der Waals surface area contributed by atoms with Gasteiger partial charge in [0, 0.05) is 11.0 Å². The highest BCUT2D eigenvalue weighted by atomic mass is 79.9. The summed E-state index contributed by atoms with van der Waals surface area (Å²) in [5.41, 5.74) is 1.02. The van der Waals surface area contributed by atoms with Crippen molar-refractivity contribution in [3.05, 3.63) is 34.3 Å². The van der Waals surface area contributed by atoms with Gasteiger partial charge in [-0.1, -0.05) is 41.1 Å². The lowest BCUT2D eigenvalue weighted by atomic mass is 10.1. The summed E-state index contributed by atoms with van der Waals surface area (Å²) >= 11 is 3.47. The van der Waals surface area contributed by atoms with Crippen LogP contribution in [0.4, 0.5) is 4.79 Å². The van der Waals surface area contributed by atoms with Crippen LogP contribution in [0.25, 0.3) is 0 Å². The summed E-state index contributed by atoms with van der Waals surface area (Å²) in [5.74, 6) is -0.198. The Bertz CT molecular complexity index is 465. The second-order valence-electron chi connectivity index (χ2n) is 4.26. The van der Waals surface area contributed by atoms with E-state index in [1.807, 2.05) is 38.1 Å². The summed E-state index contributed by atoms with van der Waals surface area (Å²) in [7, 11) is 0. The van der Waals surface area contributed by atoms with Crippen LogP contribution in [0.5, 0.6) is 0 Å². The quantitative estimate of drug-likeness (QED) is 0.743. The first-order chi connectivity index (χ1) is 9.58. The molecule has 0 aliphatic carbocycles. The second kappa shape index (κ2) is 8.58. The van der Waals surface area contributed by atoms with Gasteiger partial charge in [-0.05, 0) is 25.0 Å². The molecule has 0 fully saturated rings. The van der Waals surface area contributed by atoms with E-state index in [4.69, 9.17) is 0 Å². The topological polar surface area (TPSA) is 70.2 Å². The Morgan fingerprint density at radius 2 is 1.90 bits per heavy atom. The molecule has 110 valence electrons. The average molecular weight is 342 g/mol. The van der Waals surface area contributed by atoms with Gasteiger partial charge < -0.3 is 16.0 Å². The Labute approximate surface area is 127 Å². The number of hydrogen-bond donors (Lipinski definition) is 3. The van der Waals surface area contributed by atoms with Gasteiger partial charge in [-0.3, -0.25) is 4.79 Å². The molecule has 0 spiro atoms. The van der Waals surface area contributed by atoms with E-state index in [0.29, 0.717) is 6.54 Å². The van der Waals surface area contributed by atoms with Gasteiger partial charge in [0.1, 0.15) is 0 Å². The molecule has 1 atom stereocenters. The third kappa shape index (κ3) is 5.21. The SMILES string of the molecule is CCNC(=O)CNC(=O)N[C@@H](CC)c1ccccc1Br. The fraction of sp³-hybridized carbons (Fsp3) is 0.429. The Hall–Kier alpha value is -1.56. The van der Waals surface area contributed by atoms with Crippen molar-refractivity contribution in [3.63, 3.8) is 0 Å². The van der Waals surface area contributed by atoms with Crippen LogP contribution < -0.4 is 16.0 Å². The molecule has 6 heteroatoms. The van der Waals surface area contributed by atoms with Crippen molar-refractivity contribution in [2.45, 2.75) is 26.3 Å². The van der Waals surface area contributed by atoms with Gasteiger partial charge in [-0.15, -0.1) is 0 Å². The molecule has 1 aromatic rings. The Balaban J connectivity index is 2.54. The number of benzene rings is 1. The van der Waals surface area contributed by atoms with Crippen LogP contribution >= 0.6 is 15.9 Å². The molecule has 1 aromatic carbocycles. The van der Waals surface area contributed by atoms with Gasteiger partial charge in [0.15, 0.2) is 0 Å². The van der Waals surface area contributed by atoms with E-state index in [1.54, 1.807) is 0 Å². The number of rotatable bonds is 6. The number of urea groups is 1. The number of carbonyl (C=O) groups excluding carboxylic acids is 2. The molecule has 0 radical (unpaired) electrons. The highest BCUT2D eigenvalue weighted by Gasteiger charge is 2.15. The number of likely N-dealkylation sites (N-methyl/N-ethyl adjacent to an activating group) is 1. The Kier molecular flexibility index (Phi) is 7.08. The van der Waals surface area contributed by atoms with Gasteiger partial charge in [0.25, 0.3) is 0 Å². The van der Waals surface area contributed by atoms with E-state index in [2.05, 4.69) is 31.9 Å². The molecule has 0 unspecified atom stereocenters. The van der Waals surface area contributed by atoms with Gasteiger partial charge in [-0.25, -0.2) is 4.79 Å². The van der Waals surface area contributed by atoms with Crippen molar-refractivity contribution in [1.29, 1.82) is 0 Å². The summed E-state index contributed by atoms with van der Waals surface area (Å²) in [6, 6.07) is 7.31. The maximum atomic E-state index is 11.8. The van der Waals surface area contributed by atoms with Crippen LogP contribution in [-0.4, -0.2) is 25.0 Å². The van der Waals surface area contributed by atoms with Crippen LogP contribution in [0, 0.1) is 0 Å². The monoisotopic (exact) mass is 341 g/mol. The maximum Gasteiger partial charge on any atom is 0.315 e. The zero-order valence-electron chi connectivity index (χ0n) is 11.7. The molecule has 5 nitrogen and oxygen atoms in total.